The van der Waals surface area contributed by atoms with Crippen LogP contribution in [-0.2, 0) is 11.2 Å². The number of amides is 1. The molecule has 18 heavy (non-hydrogen) atoms. The molecule has 0 fully saturated rings. The maximum atomic E-state index is 11.8. The van der Waals surface area contributed by atoms with Crippen LogP contribution in [0.3, 0.4) is 0 Å². The molecule has 1 rings (SSSR count). The number of carbonyl (C=O) groups excluding carboxylic acids is 1. The van der Waals surface area contributed by atoms with E-state index in [0.29, 0.717) is 6.42 Å². The first kappa shape index (κ1) is 15.2. The number of hydrogen-bond donors (Lipinski definition) is 1. The quantitative estimate of drug-likeness (QED) is 0.764. The second-order valence-electron chi connectivity index (χ2n) is 4.94. The molecule has 1 aromatic carbocycles. The predicted octanol–water partition coefficient (Wildman–Crippen LogP) is 3.69. The number of carbonyl (C=O) groups is 1. The van der Waals surface area contributed by atoms with Crippen molar-refractivity contribution in [2.24, 2.45) is 0 Å². The van der Waals surface area contributed by atoms with Crippen LogP contribution in [0.15, 0.2) is 30.3 Å². The van der Waals surface area contributed by atoms with E-state index in [4.69, 9.17) is 0 Å². The van der Waals surface area contributed by atoms with Crippen LogP contribution in [0, 0.1) is 0 Å². The molecule has 0 aliphatic heterocycles. The molecule has 1 amide bonds. The molecule has 0 aliphatic carbocycles. The molecule has 100 valence electrons. The molecule has 1 N–H and O–H groups in total. The van der Waals surface area contributed by atoms with Gasteiger partial charge in [0.1, 0.15) is 0 Å². The van der Waals surface area contributed by atoms with Gasteiger partial charge in [-0.3, -0.25) is 4.79 Å². The summed E-state index contributed by atoms with van der Waals surface area (Å²) >= 11 is 3.45. The number of nitrogens with one attached hydrogen (secondary N) is 1. The summed E-state index contributed by atoms with van der Waals surface area (Å²) in [6, 6.07) is 10.3. The van der Waals surface area contributed by atoms with E-state index in [2.05, 4.69) is 47.2 Å². The summed E-state index contributed by atoms with van der Waals surface area (Å²) in [6.45, 7) is 4.16. The van der Waals surface area contributed by atoms with Crippen LogP contribution in [0.5, 0.6) is 0 Å². The lowest BCUT2D eigenvalue weighted by molar-refractivity contribution is -0.122. The van der Waals surface area contributed by atoms with Crippen molar-refractivity contribution >= 4 is 21.8 Å². The third-order valence-corrected chi connectivity index (χ3v) is 4.47. The zero-order valence-corrected chi connectivity index (χ0v) is 12.8. The summed E-state index contributed by atoms with van der Waals surface area (Å²) in [5.41, 5.74) is 1.17. The standard InChI is InChI=1S/C15H22BrNO/c1-3-15(2,12-16)17-14(18)11-7-10-13-8-5-4-6-9-13/h4-6,8-9H,3,7,10-12H2,1-2H3,(H,17,18). The molecule has 0 saturated carbocycles. The Labute approximate surface area is 118 Å². The Hall–Kier alpha value is -0.830. The first-order valence-corrected chi connectivity index (χ1v) is 7.62. The minimum atomic E-state index is -0.121. The average molecular weight is 312 g/mol. The second kappa shape index (κ2) is 7.57. The third-order valence-electron chi connectivity index (χ3n) is 3.23. The highest BCUT2D eigenvalue weighted by Gasteiger charge is 2.22. The summed E-state index contributed by atoms with van der Waals surface area (Å²) in [4.78, 5) is 11.8. The van der Waals surface area contributed by atoms with Crippen LogP contribution in [0.1, 0.15) is 38.7 Å². The molecule has 2 nitrogen and oxygen atoms in total. The van der Waals surface area contributed by atoms with Gasteiger partial charge in [-0.1, -0.05) is 53.2 Å². The minimum absolute atomic E-state index is 0.121. The highest BCUT2D eigenvalue weighted by Crippen LogP contribution is 2.13. The topological polar surface area (TPSA) is 29.1 Å². The van der Waals surface area contributed by atoms with E-state index in [-0.39, 0.29) is 11.4 Å². The van der Waals surface area contributed by atoms with Crippen LogP contribution in [0.25, 0.3) is 0 Å². The Kier molecular flexibility index (Phi) is 6.41. The minimum Gasteiger partial charge on any atom is -0.350 e. The molecule has 0 bridgehead atoms. The van der Waals surface area contributed by atoms with Crippen LogP contribution in [0.2, 0.25) is 0 Å². The van der Waals surface area contributed by atoms with Crippen molar-refractivity contribution in [3.05, 3.63) is 35.9 Å². The van der Waals surface area contributed by atoms with Crippen LogP contribution < -0.4 is 5.32 Å². The van der Waals surface area contributed by atoms with Crippen molar-refractivity contribution in [2.45, 2.75) is 45.1 Å². The second-order valence-corrected chi connectivity index (χ2v) is 5.50. The number of hydrogen-bond acceptors (Lipinski definition) is 1. The molecule has 0 radical (unpaired) electrons. The highest BCUT2D eigenvalue weighted by molar-refractivity contribution is 9.09. The first-order valence-electron chi connectivity index (χ1n) is 6.50. The fourth-order valence-corrected chi connectivity index (χ4v) is 2.25. The third kappa shape index (κ3) is 5.21. The lowest BCUT2D eigenvalue weighted by Gasteiger charge is -2.27. The van der Waals surface area contributed by atoms with Crippen molar-refractivity contribution in [3.63, 3.8) is 0 Å². The summed E-state index contributed by atoms with van der Waals surface area (Å²) in [5.74, 6) is 0.148. The monoisotopic (exact) mass is 311 g/mol. The van der Waals surface area contributed by atoms with Gasteiger partial charge in [-0.05, 0) is 31.7 Å². The lowest BCUT2D eigenvalue weighted by Crippen LogP contribution is -2.46. The van der Waals surface area contributed by atoms with E-state index < -0.39 is 0 Å². The fraction of sp³-hybridized carbons (Fsp3) is 0.533. The molecular weight excluding hydrogens is 290 g/mol. The largest absolute Gasteiger partial charge is 0.350 e. The maximum Gasteiger partial charge on any atom is 0.220 e. The molecule has 3 heteroatoms. The average Bonchev–Trinajstić information content (AvgIpc) is 2.40. The van der Waals surface area contributed by atoms with Gasteiger partial charge in [-0.25, -0.2) is 0 Å². The van der Waals surface area contributed by atoms with E-state index in [1.807, 2.05) is 18.2 Å². The number of benzene rings is 1. The molecular formula is C15H22BrNO. The maximum absolute atomic E-state index is 11.8. The Morgan fingerprint density at radius 2 is 2.00 bits per heavy atom. The van der Waals surface area contributed by atoms with Crippen molar-refractivity contribution in [1.82, 2.24) is 5.32 Å². The Balaban J connectivity index is 2.30. The molecule has 0 spiro atoms. The zero-order chi connectivity index (χ0) is 13.4. The Bertz CT molecular complexity index is 360. The van der Waals surface area contributed by atoms with E-state index >= 15 is 0 Å². The summed E-state index contributed by atoms with van der Waals surface area (Å²) < 4.78 is 0. The Morgan fingerprint density at radius 3 is 2.56 bits per heavy atom. The number of aryl methyl sites for hydroxylation is 1. The predicted molar refractivity (Wildman–Crippen MR) is 80.0 cm³/mol. The van der Waals surface area contributed by atoms with Crippen molar-refractivity contribution in [2.75, 3.05) is 5.33 Å². The van der Waals surface area contributed by atoms with Crippen LogP contribution in [0.4, 0.5) is 0 Å². The van der Waals surface area contributed by atoms with Gasteiger partial charge in [0, 0.05) is 17.3 Å². The first-order chi connectivity index (χ1) is 8.59. The molecule has 0 aliphatic rings. The summed E-state index contributed by atoms with van der Waals surface area (Å²) in [7, 11) is 0. The smallest absolute Gasteiger partial charge is 0.220 e. The number of alkyl halides is 1. The lowest BCUT2D eigenvalue weighted by atomic mass is 10.0. The van der Waals surface area contributed by atoms with E-state index in [0.717, 1.165) is 24.6 Å². The van der Waals surface area contributed by atoms with Gasteiger partial charge in [0.15, 0.2) is 0 Å². The van der Waals surface area contributed by atoms with Crippen LogP contribution in [-0.4, -0.2) is 16.8 Å². The molecule has 1 atom stereocenters. The van der Waals surface area contributed by atoms with Gasteiger partial charge in [-0.2, -0.15) is 0 Å². The molecule has 1 aromatic rings. The van der Waals surface area contributed by atoms with Gasteiger partial charge in [0.25, 0.3) is 0 Å². The van der Waals surface area contributed by atoms with Crippen molar-refractivity contribution in [3.8, 4) is 0 Å². The molecule has 0 saturated heterocycles. The van der Waals surface area contributed by atoms with Crippen molar-refractivity contribution in [1.29, 1.82) is 0 Å². The summed E-state index contributed by atoms with van der Waals surface area (Å²) in [6.07, 6.45) is 3.39. The van der Waals surface area contributed by atoms with Crippen molar-refractivity contribution < 1.29 is 4.79 Å². The SMILES string of the molecule is CCC(C)(CBr)NC(=O)CCCc1ccccc1. The van der Waals surface area contributed by atoms with Gasteiger partial charge in [0.2, 0.25) is 5.91 Å². The normalized spacial score (nSPS) is 13.9. The number of halogens is 1. The highest BCUT2D eigenvalue weighted by atomic mass is 79.9. The fourth-order valence-electron chi connectivity index (χ4n) is 1.71. The van der Waals surface area contributed by atoms with E-state index in [1.54, 1.807) is 0 Å². The molecule has 1 unspecified atom stereocenters. The van der Waals surface area contributed by atoms with E-state index in [1.165, 1.54) is 5.56 Å². The van der Waals surface area contributed by atoms with Gasteiger partial charge < -0.3 is 5.32 Å². The zero-order valence-electron chi connectivity index (χ0n) is 11.2. The van der Waals surface area contributed by atoms with Gasteiger partial charge in [-0.15, -0.1) is 0 Å². The van der Waals surface area contributed by atoms with Gasteiger partial charge >= 0.3 is 0 Å². The summed E-state index contributed by atoms with van der Waals surface area (Å²) in [5, 5.41) is 3.89. The Morgan fingerprint density at radius 1 is 1.33 bits per heavy atom. The van der Waals surface area contributed by atoms with Gasteiger partial charge in [0.05, 0.1) is 0 Å². The molecule has 0 aromatic heterocycles. The number of rotatable bonds is 7. The van der Waals surface area contributed by atoms with Crippen LogP contribution >= 0.6 is 15.9 Å². The molecule has 0 heterocycles. The van der Waals surface area contributed by atoms with E-state index in [9.17, 15) is 4.79 Å².